The Hall–Kier alpha value is -2.65. The maximum absolute atomic E-state index is 12.5. The smallest absolute Gasteiger partial charge is 0.261 e. The Balaban J connectivity index is 1.71. The zero-order chi connectivity index (χ0) is 19.4. The largest absolute Gasteiger partial charge is 0.359 e. The number of carbonyl (C=O) groups is 1. The molecule has 0 unspecified atom stereocenters. The molecule has 3 rings (SSSR count). The van der Waals surface area contributed by atoms with Gasteiger partial charge in [-0.05, 0) is 49.4 Å². The molecular weight excluding hydrogens is 434 g/mol. The summed E-state index contributed by atoms with van der Waals surface area (Å²) in [5.41, 5.74) is 1.34. The lowest BCUT2D eigenvalue weighted by Gasteiger charge is -2.10. The summed E-state index contributed by atoms with van der Waals surface area (Å²) in [4.78, 5) is 12.4. The number of anilines is 1. The van der Waals surface area contributed by atoms with Crippen LogP contribution in [0.5, 0.6) is 0 Å². The molecule has 7 nitrogen and oxygen atoms in total. The third-order valence-corrected chi connectivity index (χ3v) is 5.53. The van der Waals surface area contributed by atoms with E-state index in [1.54, 1.807) is 43.3 Å². The Morgan fingerprint density at radius 2 is 1.89 bits per heavy atom. The van der Waals surface area contributed by atoms with Gasteiger partial charge in [-0.3, -0.25) is 9.52 Å². The Bertz CT molecular complexity index is 1060. The number of carbonyl (C=O) groups excluding carboxylic acids is 1. The number of hydrogen-bond acceptors (Lipinski definition) is 5. The third kappa shape index (κ3) is 4.95. The van der Waals surface area contributed by atoms with E-state index in [4.69, 9.17) is 4.52 Å². The third-order valence-electron chi connectivity index (χ3n) is 3.60. The lowest BCUT2D eigenvalue weighted by Crippen LogP contribution is -2.22. The van der Waals surface area contributed by atoms with Crippen LogP contribution in [0.3, 0.4) is 0 Å². The van der Waals surface area contributed by atoms with E-state index >= 15 is 0 Å². The first-order valence-corrected chi connectivity index (χ1v) is 10.2. The number of rotatable bonds is 6. The van der Waals surface area contributed by atoms with Crippen LogP contribution in [0.2, 0.25) is 0 Å². The minimum absolute atomic E-state index is 0.126. The van der Waals surface area contributed by atoms with Crippen molar-refractivity contribution in [3.8, 4) is 0 Å². The quantitative estimate of drug-likeness (QED) is 0.599. The fourth-order valence-electron chi connectivity index (χ4n) is 2.32. The van der Waals surface area contributed by atoms with Gasteiger partial charge >= 0.3 is 0 Å². The van der Waals surface area contributed by atoms with Gasteiger partial charge in [0.15, 0.2) is 5.76 Å². The van der Waals surface area contributed by atoms with Crippen molar-refractivity contribution in [1.82, 2.24) is 10.5 Å². The van der Waals surface area contributed by atoms with E-state index in [0.29, 0.717) is 17.0 Å². The van der Waals surface area contributed by atoms with Crippen LogP contribution in [-0.4, -0.2) is 19.5 Å². The molecule has 0 aliphatic carbocycles. The number of nitrogens with zero attached hydrogens (tertiary/aromatic N) is 1. The van der Waals surface area contributed by atoms with Crippen LogP contribution in [-0.2, 0) is 16.6 Å². The first kappa shape index (κ1) is 19.1. The van der Waals surface area contributed by atoms with Gasteiger partial charge in [0.1, 0.15) is 0 Å². The highest BCUT2D eigenvalue weighted by atomic mass is 79.9. The number of hydrogen-bond donors (Lipinski definition) is 2. The van der Waals surface area contributed by atoms with E-state index in [0.717, 1.165) is 10.2 Å². The second kappa shape index (κ2) is 7.93. The molecule has 3 aromatic rings. The van der Waals surface area contributed by atoms with Gasteiger partial charge in [-0.2, -0.15) is 0 Å². The van der Waals surface area contributed by atoms with Crippen molar-refractivity contribution >= 4 is 37.5 Å². The Kier molecular flexibility index (Phi) is 5.62. The van der Waals surface area contributed by atoms with Gasteiger partial charge in [0.25, 0.3) is 15.9 Å². The van der Waals surface area contributed by atoms with Gasteiger partial charge in [0, 0.05) is 21.8 Å². The van der Waals surface area contributed by atoms with Crippen LogP contribution in [0.15, 0.2) is 68.5 Å². The fraction of sp³-hybridized carbons (Fsp3) is 0.111. The molecule has 0 bridgehead atoms. The maximum atomic E-state index is 12.5. The zero-order valence-electron chi connectivity index (χ0n) is 14.3. The van der Waals surface area contributed by atoms with Crippen LogP contribution >= 0.6 is 15.9 Å². The number of aryl methyl sites for hydroxylation is 1. The van der Waals surface area contributed by atoms with E-state index in [1.807, 2.05) is 0 Å². The molecule has 0 atom stereocenters. The van der Waals surface area contributed by atoms with E-state index in [2.05, 4.69) is 31.1 Å². The molecule has 2 aromatic carbocycles. The van der Waals surface area contributed by atoms with Gasteiger partial charge < -0.3 is 9.84 Å². The molecule has 0 aliphatic heterocycles. The molecule has 27 heavy (non-hydrogen) atoms. The fourth-order valence-corrected chi connectivity index (χ4v) is 3.63. The first-order chi connectivity index (χ1) is 12.8. The topological polar surface area (TPSA) is 101 Å². The number of benzene rings is 2. The molecule has 1 amide bonds. The zero-order valence-corrected chi connectivity index (χ0v) is 16.7. The van der Waals surface area contributed by atoms with Crippen molar-refractivity contribution in [2.45, 2.75) is 18.4 Å². The van der Waals surface area contributed by atoms with Crippen LogP contribution in [0.4, 0.5) is 5.69 Å². The second-order valence-corrected chi connectivity index (χ2v) is 8.36. The molecular formula is C18H16BrN3O4S. The summed E-state index contributed by atoms with van der Waals surface area (Å²) in [5, 5.41) is 6.45. The van der Waals surface area contributed by atoms with Crippen LogP contribution in [0.25, 0.3) is 0 Å². The van der Waals surface area contributed by atoms with E-state index < -0.39 is 10.0 Å². The molecule has 0 aliphatic rings. The molecule has 2 N–H and O–H groups in total. The predicted molar refractivity (Wildman–Crippen MR) is 104 cm³/mol. The summed E-state index contributed by atoms with van der Waals surface area (Å²) in [7, 11) is -3.75. The molecule has 9 heteroatoms. The van der Waals surface area contributed by atoms with Gasteiger partial charge in [0.2, 0.25) is 0 Å². The first-order valence-electron chi connectivity index (χ1n) is 7.92. The Labute approximate surface area is 164 Å². The molecule has 1 aromatic heterocycles. The lowest BCUT2D eigenvalue weighted by molar-refractivity contribution is 0.0947. The van der Waals surface area contributed by atoms with Crippen molar-refractivity contribution in [2.24, 2.45) is 0 Å². The number of halogens is 1. The SMILES string of the molecule is Cc1cc(CNC(=O)c2cccc(NS(=O)(=O)c3ccc(Br)cc3)c2)on1. The Morgan fingerprint density at radius 1 is 1.15 bits per heavy atom. The highest BCUT2D eigenvalue weighted by Gasteiger charge is 2.15. The Morgan fingerprint density at radius 3 is 2.56 bits per heavy atom. The maximum Gasteiger partial charge on any atom is 0.261 e. The summed E-state index contributed by atoms with van der Waals surface area (Å²) < 4.78 is 33.2. The number of nitrogens with one attached hydrogen (secondary N) is 2. The van der Waals surface area contributed by atoms with Crippen molar-refractivity contribution in [2.75, 3.05) is 4.72 Å². The monoisotopic (exact) mass is 449 g/mol. The minimum atomic E-state index is -3.75. The molecule has 1 heterocycles. The molecule has 0 spiro atoms. The van der Waals surface area contributed by atoms with E-state index in [1.165, 1.54) is 18.2 Å². The van der Waals surface area contributed by atoms with Crippen LogP contribution < -0.4 is 10.0 Å². The van der Waals surface area contributed by atoms with Crippen molar-refractivity contribution in [1.29, 1.82) is 0 Å². The predicted octanol–water partition coefficient (Wildman–Crippen LogP) is 3.48. The summed E-state index contributed by atoms with van der Waals surface area (Å²) in [5.74, 6) is 0.182. The average Bonchev–Trinajstić information content (AvgIpc) is 3.05. The number of sulfonamides is 1. The molecule has 140 valence electrons. The van der Waals surface area contributed by atoms with Crippen LogP contribution in [0, 0.1) is 6.92 Å². The number of amides is 1. The number of aromatic nitrogens is 1. The highest BCUT2D eigenvalue weighted by molar-refractivity contribution is 9.10. The van der Waals surface area contributed by atoms with Gasteiger partial charge in [-0.1, -0.05) is 27.2 Å². The molecule has 0 radical (unpaired) electrons. The molecule has 0 saturated heterocycles. The molecule has 0 fully saturated rings. The van der Waals surface area contributed by atoms with Crippen LogP contribution in [0.1, 0.15) is 21.8 Å². The summed E-state index contributed by atoms with van der Waals surface area (Å²) in [6.45, 7) is 1.98. The molecule has 0 saturated carbocycles. The second-order valence-electron chi connectivity index (χ2n) is 5.76. The highest BCUT2D eigenvalue weighted by Crippen LogP contribution is 2.19. The lowest BCUT2D eigenvalue weighted by atomic mass is 10.2. The van der Waals surface area contributed by atoms with Crippen molar-refractivity contribution < 1.29 is 17.7 Å². The standard InChI is InChI=1S/C18H16BrN3O4S/c1-12-9-16(26-21-12)11-20-18(23)13-3-2-4-15(10-13)22-27(24,25)17-7-5-14(19)6-8-17/h2-10,22H,11H2,1H3,(H,20,23). The van der Waals surface area contributed by atoms with E-state index in [-0.39, 0.29) is 17.3 Å². The van der Waals surface area contributed by atoms with Gasteiger partial charge in [-0.15, -0.1) is 0 Å². The summed E-state index contributed by atoms with van der Waals surface area (Å²) in [6, 6.07) is 14.2. The van der Waals surface area contributed by atoms with Gasteiger partial charge in [-0.25, -0.2) is 8.42 Å². The average molecular weight is 450 g/mol. The van der Waals surface area contributed by atoms with Crippen molar-refractivity contribution in [3.05, 3.63) is 76.1 Å². The summed E-state index contributed by atoms with van der Waals surface area (Å²) in [6.07, 6.45) is 0. The minimum Gasteiger partial charge on any atom is -0.359 e. The summed E-state index contributed by atoms with van der Waals surface area (Å²) >= 11 is 3.27. The van der Waals surface area contributed by atoms with E-state index in [9.17, 15) is 13.2 Å². The van der Waals surface area contributed by atoms with Crippen molar-refractivity contribution in [3.63, 3.8) is 0 Å². The normalized spacial score (nSPS) is 11.2. The van der Waals surface area contributed by atoms with Gasteiger partial charge in [0.05, 0.1) is 17.1 Å².